The van der Waals surface area contributed by atoms with Crippen LogP contribution in [0.4, 0.5) is 11.4 Å². The Hall–Kier alpha value is -1.80. The molecule has 1 fully saturated rings. The molecule has 0 heterocycles. The second kappa shape index (κ2) is 5.68. The van der Waals surface area contributed by atoms with E-state index in [4.69, 9.17) is 0 Å². The van der Waals surface area contributed by atoms with Gasteiger partial charge in [0.25, 0.3) is 0 Å². The molecule has 1 N–H and O–H groups in total. The van der Waals surface area contributed by atoms with Crippen LogP contribution in [-0.2, 0) is 6.54 Å². The molecule has 0 aromatic heterocycles. The van der Waals surface area contributed by atoms with E-state index in [1.807, 2.05) is 0 Å². The maximum Gasteiger partial charge on any atom is 0.0453 e. The number of aryl methyl sites for hydroxylation is 1. The first kappa shape index (κ1) is 13.2. The monoisotopic (exact) mass is 266 g/mol. The molecule has 0 amide bonds. The maximum atomic E-state index is 3.61. The molecule has 0 unspecified atom stereocenters. The van der Waals surface area contributed by atoms with Crippen LogP contribution in [0.15, 0.2) is 48.5 Å². The molecule has 0 bridgehead atoms. The summed E-state index contributed by atoms with van der Waals surface area (Å²) in [6, 6.07) is 17.9. The quantitative estimate of drug-likeness (QED) is 0.879. The average molecular weight is 266 g/mol. The normalized spacial score (nSPS) is 14.3. The third-order valence-corrected chi connectivity index (χ3v) is 3.99. The zero-order valence-electron chi connectivity index (χ0n) is 12.3. The van der Waals surface area contributed by atoms with Gasteiger partial charge in [0.15, 0.2) is 0 Å². The summed E-state index contributed by atoms with van der Waals surface area (Å²) >= 11 is 0. The van der Waals surface area contributed by atoms with Gasteiger partial charge < -0.3 is 10.2 Å². The number of anilines is 2. The van der Waals surface area contributed by atoms with E-state index in [-0.39, 0.29) is 0 Å². The van der Waals surface area contributed by atoms with Crippen molar-refractivity contribution in [2.45, 2.75) is 32.4 Å². The van der Waals surface area contributed by atoms with Gasteiger partial charge in [0.2, 0.25) is 0 Å². The van der Waals surface area contributed by atoms with Gasteiger partial charge in [-0.2, -0.15) is 0 Å². The highest BCUT2D eigenvalue weighted by atomic mass is 15.1. The summed E-state index contributed by atoms with van der Waals surface area (Å²) in [7, 11) is 2.15. The van der Waals surface area contributed by atoms with Gasteiger partial charge in [-0.25, -0.2) is 0 Å². The van der Waals surface area contributed by atoms with Gasteiger partial charge in [-0.3, -0.25) is 0 Å². The first-order chi connectivity index (χ1) is 9.75. The van der Waals surface area contributed by atoms with E-state index in [9.17, 15) is 0 Å². The van der Waals surface area contributed by atoms with Crippen LogP contribution in [-0.4, -0.2) is 13.1 Å². The number of hydrogen-bond donors (Lipinski definition) is 1. The van der Waals surface area contributed by atoms with Crippen LogP contribution in [0.25, 0.3) is 0 Å². The Labute approximate surface area is 121 Å². The van der Waals surface area contributed by atoms with Crippen molar-refractivity contribution in [3.05, 3.63) is 59.7 Å². The number of benzene rings is 2. The average Bonchev–Trinajstić information content (AvgIpc) is 3.29. The SMILES string of the molecule is Cc1ccccc1N(C)c1ccccc1CNC1CC1. The molecule has 20 heavy (non-hydrogen) atoms. The fourth-order valence-corrected chi connectivity index (χ4v) is 2.60. The molecule has 0 radical (unpaired) electrons. The van der Waals surface area contributed by atoms with Crippen LogP contribution in [0.2, 0.25) is 0 Å². The van der Waals surface area contributed by atoms with Gasteiger partial charge in [0.1, 0.15) is 0 Å². The summed E-state index contributed by atoms with van der Waals surface area (Å²) < 4.78 is 0. The molecule has 2 nitrogen and oxygen atoms in total. The molecule has 1 aliphatic carbocycles. The minimum Gasteiger partial charge on any atom is -0.344 e. The maximum absolute atomic E-state index is 3.61. The Morgan fingerprint density at radius 3 is 2.35 bits per heavy atom. The van der Waals surface area contributed by atoms with E-state index in [0.717, 1.165) is 12.6 Å². The fraction of sp³-hybridized carbons (Fsp3) is 0.333. The third kappa shape index (κ3) is 2.86. The molecule has 0 atom stereocenters. The lowest BCUT2D eigenvalue weighted by Gasteiger charge is -2.24. The van der Waals surface area contributed by atoms with Crippen molar-refractivity contribution in [1.29, 1.82) is 0 Å². The summed E-state index contributed by atoms with van der Waals surface area (Å²) in [5, 5.41) is 3.61. The van der Waals surface area contributed by atoms with E-state index in [1.54, 1.807) is 0 Å². The standard InChI is InChI=1S/C18H22N2/c1-14-7-3-5-9-17(14)20(2)18-10-6-4-8-15(18)13-19-16-11-12-16/h3-10,16,19H,11-13H2,1-2H3. The lowest BCUT2D eigenvalue weighted by molar-refractivity contribution is 0.687. The van der Waals surface area contributed by atoms with Crippen molar-refractivity contribution in [2.24, 2.45) is 0 Å². The van der Waals surface area contributed by atoms with E-state index in [1.165, 1.54) is 35.3 Å². The molecule has 0 spiro atoms. The number of rotatable bonds is 5. The van der Waals surface area contributed by atoms with E-state index in [2.05, 4.69) is 72.7 Å². The number of para-hydroxylation sites is 2. The Bertz CT molecular complexity index is 587. The summed E-state index contributed by atoms with van der Waals surface area (Å²) in [6.07, 6.45) is 2.66. The van der Waals surface area contributed by atoms with Gasteiger partial charge in [-0.1, -0.05) is 36.4 Å². The van der Waals surface area contributed by atoms with Gasteiger partial charge in [0, 0.05) is 31.0 Å². The lowest BCUT2D eigenvalue weighted by atomic mass is 10.1. The topological polar surface area (TPSA) is 15.3 Å². The molecule has 2 heteroatoms. The van der Waals surface area contributed by atoms with E-state index in [0.29, 0.717) is 0 Å². The molecule has 0 aliphatic heterocycles. The number of hydrogen-bond acceptors (Lipinski definition) is 2. The highest BCUT2D eigenvalue weighted by Gasteiger charge is 2.20. The second-order valence-corrected chi connectivity index (χ2v) is 5.63. The zero-order chi connectivity index (χ0) is 13.9. The molecular weight excluding hydrogens is 244 g/mol. The molecule has 2 aromatic carbocycles. The van der Waals surface area contributed by atoms with Crippen LogP contribution < -0.4 is 10.2 Å². The van der Waals surface area contributed by atoms with Crippen LogP contribution >= 0.6 is 0 Å². The van der Waals surface area contributed by atoms with E-state index >= 15 is 0 Å². The number of nitrogens with one attached hydrogen (secondary N) is 1. The van der Waals surface area contributed by atoms with Crippen molar-refractivity contribution in [3.63, 3.8) is 0 Å². The predicted molar refractivity (Wildman–Crippen MR) is 85.5 cm³/mol. The highest BCUT2D eigenvalue weighted by molar-refractivity contribution is 5.68. The first-order valence-corrected chi connectivity index (χ1v) is 7.36. The van der Waals surface area contributed by atoms with Crippen molar-refractivity contribution >= 4 is 11.4 Å². The highest BCUT2D eigenvalue weighted by Crippen LogP contribution is 2.30. The van der Waals surface area contributed by atoms with Gasteiger partial charge in [0.05, 0.1) is 0 Å². The smallest absolute Gasteiger partial charge is 0.0453 e. The second-order valence-electron chi connectivity index (χ2n) is 5.63. The summed E-state index contributed by atoms with van der Waals surface area (Å²) in [4.78, 5) is 2.29. The Balaban J connectivity index is 1.86. The van der Waals surface area contributed by atoms with Gasteiger partial charge in [-0.05, 0) is 43.0 Å². The molecule has 2 aromatic rings. The van der Waals surface area contributed by atoms with Crippen LogP contribution in [0.1, 0.15) is 24.0 Å². The van der Waals surface area contributed by atoms with Crippen molar-refractivity contribution in [2.75, 3.05) is 11.9 Å². The Morgan fingerprint density at radius 2 is 1.65 bits per heavy atom. The minimum absolute atomic E-state index is 0.742. The first-order valence-electron chi connectivity index (χ1n) is 7.36. The summed E-state index contributed by atoms with van der Waals surface area (Å²) in [6.45, 7) is 3.12. The van der Waals surface area contributed by atoms with Crippen LogP contribution in [0.3, 0.4) is 0 Å². The van der Waals surface area contributed by atoms with Crippen molar-refractivity contribution in [3.8, 4) is 0 Å². The Kier molecular flexibility index (Phi) is 3.75. The third-order valence-electron chi connectivity index (χ3n) is 3.99. The lowest BCUT2D eigenvalue weighted by Crippen LogP contribution is -2.19. The molecule has 0 saturated heterocycles. The predicted octanol–water partition coefficient (Wildman–Crippen LogP) is 4.01. The largest absolute Gasteiger partial charge is 0.344 e. The van der Waals surface area contributed by atoms with Crippen molar-refractivity contribution in [1.82, 2.24) is 5.32 Å². The molecule has 104 valence electrons. The zero-order valence-corrected chi connectivity index (χ0v) is 12.3. The van der Waals surface area contributed by atoms with Gasteiger partial charge in [-0.15, -0.1) is 0 Å². The number of nitrogens with zero attached hydrogens (tertiary/aromatic N) is 1. The van der Waals surface area contributed by atoms with Gasteiger partial charge >= 0.3 is 0 Å². The molecular formula is C18H22N2. The Morgan fingerprint density at radius 1 is 1.00 bits per heavy atom. The van der Waals surface area contributed by atoms with Crippen LogP contribution in [0, 0.1) is 6.92 Å². The summed E-state index contributed by atoms with van der Waals surface area (Å²) in [5.74, 6) is 0. The molecule has 3 rings (SSSR count). The molecule has 1 aliphatic rings. The van der Waals surface area contributed by atoms with Crippen molar-refractivity contribution < 1.29 is 0 Å². The van der Waals surface area contributed by atoms with Crippen LogP contribution in [0.5, 0.6) is 0 Å². The fourth-order valence-electron chi connectivity index (χ4n) is 2.60. The van der Waals surface area contributed by atoms with E-state index < -0.39 is 0 Å². The minimum atomic E-state index is 0.742. The summed E-state index contributed by atoms with van der Waals surface area (Å²) in [5.41, 5.74) is 5.23. The molecule has 1 saturated carbocycles.